The molecule has 0 fully saturated rings. The Bertz CT molecular complexity index is 626. The minimum Gasteiger partial charge on any atom is -0.321 e. The molecule has 0 aromatic heterocycles. The molecule has 0 aliphatic carbocycles. The first kappa shape index (κ1) is 14.9. The molecular formula is C13H7Cl3INO. The van der Waals surface area contributed by atoms with Gasteiger partial charge in [0.2, 0.25) is 0 Å². The summed E-state index contributed by atoms with van der Waals surface area (Å²) in [6.45, 7) is 0. The third kappa shape index (κ3) is 3.99. The summed E-state index contributed by atoms with van der Waals surface area (Å²) in [7, 11) is 0. The topological polar surface area (TPSA) is 29.1 Å². The summed E-state index contributed by atoms with van der Waals surface area (Å²) in [6, 6.07) is 9.92. The molecule has 2 aromatic carbocycles. The van der Waals surface area contributed by atoms with Gasteiger partial charge in [-0.3, -0.25) is 4.79 Å². The van der Waals surface area contributed by atoms with E-state index in [0.717, 1.165) is 3.57 Å². The number of carbonyl (C=O) groups is 1. The Labute approximate surface area is 139 Å². The van der Waals surface area contributed by atoms with Gasteiger partial charge >= 0.3 is 0 Å². The molecule has 0 spiro atoms. The first-order valence-corrected chi connectivity index (χ1v) is 7.39. The van der Waals surface area contributed by atoms with Crippen molar-refractivity contribution in [2.75, 3.05) is 5.32 Å². The second-order valence-electron chi connectivity index (χ2n) is 3.74. The van der Waals surface area contributed by atoms with Crippen molar-refractivity contribution in [2.24, 2.45) is 0 Å². The van der Waals surface area contributed by atoms with Crippen LogP contribution in [0.15, 0.2) is 36.4 Å². The van der Waals surface area contributed by atoms with E-state index in [1.165, 1.54) is 0 Å². The van der Waals surface area contributed by atoms with Gasteiger partial charge in [-0.1, -0.05) is 34.8 Å². The number of anilines is 1. The lowest BCUT2D eigenvalue weighted by molar-refractivity contribution is 0.102. The molecule has 0 atom stereocenters. The Morgan fingerprint density at radius 3 is 2.16 bits per heavy atom. The number of hydrogen-bond acceptors (Lipinski definition) is 1. The van der Waals surface area contributed by atoms with Crippen LogP contribution in [-0.2, 0) is 0 Å². The Hall–Kier alpha value is -0.490. The summed E-state index contributed by atoms with van der Waals surface area (Å²) in [4.78, 5) is 12.1. The van der Waals surface area contributed by atoms with Crippen molar-refractivity contribution >= 4 is 69.0 Å². The number of amides is 1. The number of nitrogens with one attached hydrogen (secondary N) is 1. The Balaban J connectivity index is 2.25. The van der Waals surface area contributed by atoms with Crippen molar-refractivity contribution in [2.45, 2.75) is 0 Å². The highest BCUT2D eigenvalue weighted by Gasteiger charge is 2.10. The van der Waals surface area contributed by atoms with Crippen LogP contribution < -0.4 is 5.32 Å². The van der Waals surface area contributed by atoms with E-state index in [4.69, 9.17) is 34.8 Å². The normalized spacial score (nSPS) is 10.3. The van der Waals surface area contributed by atoms with Crippen molar-refractivity contribution < 1.29 is 4.79 Å². The molecule has 0 saturated heterocycles. The maximum absolute atomic E-state index is 12.1. The molecule has 0 radical (unpaired) electrons. The van der Waals surface area contributed by atoms with Crippen LogP contribution in [0.1, 0.15) is 10.4 Å². The Morgan fingerprint density at radius 1 is 0.947 bits per heavy atom. The van der Waals surface area contributed by atoms with Crippen LogP contribution in [0.4, 0.5) is 5.69 Å². The monoisotopic (exact) mass is 425 g/mol. The zero-order chi connectivity index (χ0) is 14.0. The molecule has 2 rings (SSSR count). The average molecular weight is 426 g/mol. The third-order valence-electron chi connectivity index (χ3n) is 2.30. The largest absolute Gasteiger partial charge is 0.321 e. The molecule has 1 N–H and O–H groups in total. The summed E-state index contributed by atoms with van der Waals surface area (Å²) in [5, 5.41) is 4.24. The van der Waals surface area contributed by atoms with Gasteiger partial charge in [0.25, 0.3) is 5.91 Å². The van der Waals surface area contributed by atoms with E-state index in [0.29, 0.717) is 26.3 Å². The molecule has 2 aromatic rings. The standard InChI is InChI=1S/C13H7Cl3INO/c14-8-1-2-12(11(17)6-8)18-13(19)7-3-9(15)5-10(16)4-7/h1-6H,(H,18,19). The van der Waals surface area contributed by atoms with Crippen LogP contribution >= 0.6 is 57.4 Å². The number of benzene rings is 2. The van der Waals surface area contributed by atoms with E-state index in [9.17, 15) is 4.79 Å². The van der Waals surface area contributed by atoms with Gasteiger partial charge in [-0.25, -0.2) is 0 Å². The molecule has 1 amide bonds. The fraction of sp³-hybridized carbons (Fsp3) is 0. The molecule has 19 heavy (non-hydrogen) atoms. The van der Waals surface area contributed by atoms with Gasteiger partial charge < -0.3 is 5.32 Å². The number of carbonyl (C=O) groups excluding carboxylic acids is 1. The highest BCUT2D eigenvalue weighted by Crippen LogP contribution is 2.24. The van der Waals surface area contributed by atoms with Crippen LogP contribution in [0, 0.1) is 3.57 Å². The van der Waals surface area contributed by atoms with E-state index >= 15 is 0 Å². The molecule has 2 nitrogen and oxygen atoms in total. The van der Waals surface area contributed by atoms with Gasteiger partial charge in [0, 0.05) is 24.2 Å². The van der Waals surface area contributed by atoms with Crippen LogP contribution in [0.5, 0.6) is 0 Å². The van der Waals surface area contributed by atoms with E-state index in [2.05, 4.69) is 27.9 Å². The molecule has 0 aliphatic rings. The summed E-state index contributed by atoms with van der Waals surface area (Å²) in [6.07, 6.45) is 0. The second kappa shape index (κ2) is 6.31. The molecule has 0 bridgehead atoms. The SMILES string of the molecule is O=C(Nc1ccc(Cl)cc1I)c1cc(Cl)cc(Cl)c1. The number of halogens is 4. The quantitative estimate of drug-likeness (QED) is 0.631. The van der Waals surface area contributed by atoms with Crippen LogP contribution in [0.2, 0.25) is 15.1 Å². The van der Waals surface area contributed by atoms with Gasteiger partial charge in [-0.2, -0.15) is 0 Å². The molecule has 6 heteroatoms. The minimum absolute atomic E-state index is 0.273. The third-order valence-corrected chi connectivity index (χ3v) is 3.87. The summed E-state index contributed by atoms with van der Waals surface area (Å²) in [5.74, 6) is -0.273. The average Bonchev–Trinajstić information content (AvgIpc) is 2.31. The van der Waals surface area contributed by atoms with Gasteiger partial charge in [0.15, 0.2) is 0 Å². The molecule has 0 saturated carbocycles. The zero-order valence-electron chi connectivity index (χ0n) is 9.38. The number of hydrogen-bond donors (Lipinski definition) is 1. The van der Waals surface area contributed by atoms with Gasteiger partial charge in [-0.05, 0) is 59.0 Å². The molecule has 0 heterocycles. The van der Waals surface area contributed by atoms with Crippen molar-refractivity contribution in [3.05, 3.63) is 60.6 Å². The lowest BCUT2D eigenvalue weighted by Crippen LogP contribution is -2.12. The molecule has 0 aliphatic heterocycles. The fourth-order valence-corrected chi connectivity index (χ4v) is 3.00. The number of rotatable bonds is 2. The van der Waals surface area contributed by atoms with Crippen molar-refractivity contribution in [3.63, 3.8) is 0 Å². The van der Waals surface area contributed by atoms with Crippen molar-refractivity contribution in [1.82, 2.24) is 0 Å². The predicted octanol–water partition coefficient (Wildman–Crippen LogP) is 5.50. The zero-order valence-corrected chi connectivity index (χ0v) is 13.8. The van der Waals surface area contributed by atoms with E-state index < -0.39 is 0 Å². The van der Waals surface area contributed by atoms with Gasteiger partial charge in [0.1, 0.15) is 0 Å². The van der Waals surface area contributed by atoms with Crippen LogP contribution in [-0.4, -0.2) is 5.91 Å². The van der Waals surface area contributed by atoms with E-state index in [1.54, 1.807) is 36.4 Å². The second-order valence-corrected chi connectivity index (χ2v) is 6.21. The Morgan fingerprint density at radius 2 is 1.58 bits per heavy atom. The molecular weight excluding hydrogens is 419 g/mol. The molecule has 0 unspecified atom stereocenters. The fourth-order valence-electron chi connectivity index (χ4n) is 1.47. The minimum atomic E-state index is -0.273. The van der Waals surface area contributed by atoms with Crippen molar-refractivity contribution in [3.8, 4) is 0 Å². The van der Waals surface area contributed by atoms with Crippen LogP contribution in [0.25, 0.3) is 0 Å². The first-order chi connectivity index (χ1) is 8.95. The Kier molecular flexibility index (Phi) is 4.95. The van der Waals surface area contributed by atoms with Gasteiger partial charge in [0.05, 0.1) is 5.69 Å². The molecule has 98 valence electrons. The summed E-state index contributed by atoms with van der Waals surface area (Å²) < 4.78 is 0.853. The highest BCUT2D eigenvalue weighted by atomic mass is 127. The lowest BCUT2D eigenvalue weighted by atomic mass is 10.2. The summed E-state index contributed by atoms with van der Waals surface area (Å²) in [5.41, 5.74) is 1.09. The predicted molar refractivity (Wildman–Crippen MR) is 88.6 cm³/mol. The van der Waals surface area contributed by atoms with E-state index in [1.807, 2.05) is 0 Å². The van der Waals surface area contributed by atoms with Gasteiger partial charge in [-0.15, -0.1) is 0 Å². The van der Waals surface area contributed by atoms with Crippen molar-refractivity contribution in [1.29, 1.82) is 0 Å². The van der Waals surface area contributed by atoms with Crippen LogP contribution in [0.3, 0.4) is 0 Å². The smallest absolute Gasteiger partial charge is 0.255 e. The maximum Gasteiger partial charge on any atom is 0.255 e. The maximum atomic E-state index is 12.1. The van der Waals surface area contributed by atoms with E-state index in [-0.39, 0.29) is 5.91 Å². The summed E-state index contributed by atoms with van der Waals surface area (Å²) >= 11 is 19.7. The lowest BCUT2D eigenvalue weighted by Gasteiger charge is -2.08. The first-order valence-electron chi connectivity index (χ1n) is 5.18. The highest BCUT2D eigenvalue weighted by molar-refractivity contribution is 14.1.